The monoisotopic (exact) mass is 616 g/mol. The van der Waals surface area contributed by atoms with E-state index in [9.17, 15) is 26.4 Å². The molecule has 2 aromatic carbocycles. The quantitative estimate of drug-likeness (QED) is 0.451. The van der Waals surface area contributed by atoms with Gasteiger partial charge >= 0.3 is 0 Å². The van der Waals surface area contributed by atoms with Crippen molar-refractivity contribution in [2.45, 2.75) is 74.0 Å². The molecular weight excluding hydrogens is 576 g/mol. The van der Waals surface area contributed by atoms with E-state index in [1.54, 1.807) is 24.3 Å². The summed E-state index contributed by atoms with van der Waals surface area (Å²) >= 11 is 0. The van der Waals surface area contributed by atoms with Gasteiger partial charge in [0.2, 0.25) is 31.9 Å². The van der Waals surface area contributed by atoms with E-state index in [0.29, 0.717) is 63.2 Å². The maximum absolute atomic E-state index is 12.9. The summed E-state index contributed by atoms with van der Waals surface area (Å²) in [7, 11) is -7.05. The molecule has 0 spiro atoms. The molecule has 2 N–H and O–H groups in total. The summed E-state index contributed by atoms with van der Waals surface area (Å²) in [5.41, 5.74) is 1.09. The van der Waals surface area contributed by atoms with E-state index in [-0.39, 0.29) is 33.4 Å². The molecule has 0 radical (unpaired) electrons. The number of amides is 2. The largest absolute Gasteiger partial charge is 0.326 e. The van der Waals surface area contributed by atoms with Crippen LogP contribution in [-0.4, -0.2) is 63.4 Å². The van der Waals surface area contributed by atoms with Crippen LogP contribution in [0.1, 0.15) is 64.2 Å². The molecule has 5 rings (SSSR count). The summed E-state index contributed by atoms with van der Waals surface area (Å²) in [5, 5.41) is 5.79. The number of sulfonamides is 2. The lowest BCUT2D eigenvalue weighted by Crippen LogP contribution is -2.35. The fourth-order valence-electron chi connectivity index (χ4n) is 6.04. The predicted molar refractivity (Wildman–Crippen MR) is 161 cm³/mol. The number of nitrogens with zero attached hydrogens (tertiary/aromatic N) is 2. The topological polar surface area (TPSA) is 133 Å². The van der Waals surface area contributed by atoms with Gasteiger partial charge in [-0.3, -0.25) is 9.59 Å². The third kappa shape index (κ3) is 7.04. The van der Waals surface area contributed by atoms with Gasteiger partial charge in [-0.05, 0) is 99.9 Å². The zero-order chi connectivity index (χ0) is 29.7. The number of hydrogen-bond donors (Lipinski definition) is 2. The van der Waals surface area contributed by atoms with Crippen molar-refractivity contribution in [3.8, 4) is 0 Å². The number of nitrogens with one attached hydrogen (secondary N) is 2. The minimum absolute atomic E-state index is 0.133. The number of piperidine rings is 2. The number of anilines is 2. The minimum atomic E-state index is -3.52. The normalized spacial score (nSPS) is 22.8. The highest BCUT2D eigenvalue weighted by atomic mass is 32.2. The zero-order valence-electron chi connectivity index (χ0n) is 23.8. The molecule has 3 fully saturated rings. The molecule has 1 saturated carbocycles. The van der Waals surface area contributed by atoms with Gasteiger partial charge < -0.3 is 10.6 Å². The average molecular weight is 617 g/mol. The molecule has 0 unspecified atom stereocenters. The van der Waals surface area contributed by atoms with Crippen molar-refractivity contribution in [3.05, 3.63) is 48.5 Å². The van der Waals surface area contributed by atoms with Crippen molar-refractivity contribution >= 4 is 43.2 Å². The molecule has 12 heteroatoms. The Morgan fingerprint density at radius 3 is 1.14 bits per heavy atom. The molecule has 1 aliphatic carbocycles. The lowest BCUT2D eigenvalue weighted by atomic mass is 9.81. The van der Waals surface area contributed by atoms with Gasteiger partial charge in [0.25, 0.3) is 0 Å². The number of hydrogen-bond acceptors (Lipinski definition) is 6. The summed E-state index contributed by atoms with van der Waals surface area (Å²) in [5.74, 6) is -0.729. The van der Waals surface area contributed by atoms with Crippen molar-refractivity contribution in [1.82, 2.24) is 8.61 Å². The van der Waals surface area contributed by atoms with Gasteiger partial charge in [0.05, 0.1) is 9.79 Å². The second-order valence-electron chi connectivity index (χ2n) is 11.5. The van der Waals surface area contributed by atoms with Gasteiger partial charge in [-0.1, -0.05) is 12.8 Å². The Kier molecular flexibility index (Phi) is 9.66. The summed E-state index contributed by atoms with van der Waals surface area (Å²) in [4.78, 5) is 26.3. The van der Waals surface area contributed by atoms with Crippen LogP contribution in [0, 0.1) is 11.8 Å². The van der Waals surface area contributed by atoms with E-state index in [0.717, 1.165) is 38.5 Å². The van der Waals surface area contributed by atoms with Crippen LogP contribution < -0.4 is 10.6 Å². The van der Waals surface area contributed by atoms with Crippen LogP contribution in [0.4, 0.5) is 11.4 Å². The second-order valence-corrected chi connectivity index (χ2v) is 15.4. The van der Waals surface area contributed by atoms with Gasteiger partial charge in [0.1, 0.15) is 0 Å². The Hall–Kier alpha value is -2.80. The second kappa shape index (κ2) is 13.2. The van der Waals surface area contributed by atoms with Crippen molar-refractivity contribution in [2.24, 2.45) is 11.8 Å². The summed E-state index contributed by atoms with van der Waals surface area (Å²) in [6.45, 7) is 2.15. The Labute approximate surface area is 249 Å². The third-order valence-electron chi connectivity index (χ3n) is 8.62. The first kappa shape index (κ1) is 30.7. The molecular formula is C30H40N4O6S2. The average Bonchev–Trinajstić information content (AvgIpc) is 3.02. The highest BCUT2D eigenvalue weighted by Crippen LogP contribution is 2.31. The van der Waals surface area contributed by atoms with E-state index in [2.05, 4.69) is 10.6 Å². The van der Waals surface area contributed by atoms with Crippen molar-refractivity contribution in [2.75, 3.05) is 36.8 Å². The van der Waals surface area contributed by atoms with E-state index >= 15 is 0 Å². The molecule has 2 aromatic rings. The minimum Gasteiger partial charge on any atom is -0.326 e. The zero-order valence-corrected chi connectivity index (χ0v) is 25.5. The molecule has 2 heterocycles. The standard InChI is InChI=1S/C30H40N4O6S2/c35-29(31-25-11-15-27(16-12-25)41(37,38)33-19-3-1-4-20-33)23-7-9-24(10-8-23)30(36)32-26-13-17-28(18-14-26)42(39,40)34-21-5-2-6-22-34/h11-18,23-24H,1-10,19-22H2,(H,31,35)(H,32,36). The first-order chi connectivity index (χ1) is 20.1. The highest BCUT2D eigenvalue weighted by Gasteiger charge is 2.31. The molecule has 0 bridgehead atoms. The van der Waals surface area contributed by atoms with Gasteiger partial charge in [0.15, 0.2) is 0 Å². The summed E-state index contributed by atoms with van der Waals surface area (Å²) < 4.78 is 54.5. The van der Waals surface area contributed by atoms with E-state index < -0.39 is 20.0 Å². The molecule has 2 saturated heterocycles. The number of rotatable bonds is 8. The van der Waals surface area contributed by atoms with Crippen molar-refractivity contribution in [3.63, 3.8) is 0 Å². The first-order valence-electron chi connectivity index (χ1n) is 15.0. The maximum atomic E-state index is 12.9. The molecule has 10 nitrogen and oxygen atoms in total. The lowest BCUT2D eigenvalue weighted by Gasteiger charge is -2.27. The number of benzene rings is 2. The van der Waals surface area contributed by atoms with Crippen LogP contribution in [0.2, 0.25) is 0 Å². The van der Waals surface area contributed by atoms with Crippen LogP contribution in [0.25, 0.3) is 0 Å². The predicted octanol–water partition coefficient (Wildman–Crippen LogP) is 4.42. The Morgan fingerprint density at radius 2 is 0.833 bits per heavy atom. The van der Waals surface area contributed by atoms with E-state index in [1.807, 2.05) is 0 Å². The van der Waals surface area contributed by atoms with Crippen LogP contribution >= 0.6 is 0 Å². The summed E-state index contributed by atoms with van der Waals surface area (Å²) in [6.07, 6.45) is 7.85. The number of carbonyl (C=O) groups is 2. The van der Waals surface area contributed by atoms with Gasteiger partial charge in [-0.15, -0.1) is 0 Å². The van der Waals surface area contributed by atoms with Crippen LogP contribution in [0.3, 0.4) is 0 Å². The van der Waals surface area contributed by atoms with Crippen LogP contribution in [0.15, 0.2) is 58.3 Å². The third-order valence-corrected chi connectivity index (χ3v) is 12.4. The molecule has 42 heavy (non-hydrogen) atoms. The fraction of sp³-hybridized carbons (Fsp3) is 0.533. The molecule has 3 aliphatic rings. The Balaban J connectivity index is 1.09. The molecule has 228 valence electrons. The van der Waals surface area contributed by atoms with Gasteiger partial charge in [-0.2, -0.15) is 8.61 Å². The fourth-order valence-corrected chi connectivity index (χ4v) is 9.07. The van der Waals surface area contributed by atoms with Gasteiger partial charge in [0, 0.05) is 49.4 Å². The van der Waals surface area contributed by atoms with Gasteiger partial charge in [-0.25, -0.2) is 16.8 Å². The highest BCUT2D eigenvalue weighted by molar-refractivity contribution is 7.89. The molecule has 2 amide bonds. The van der Waals surface area contributed by atoms with Crippen molar-refractivity contribution in [1.29, 1.82) is 0 Å². The van der Waals surface area contributed by atoms with E-state index in [1.165, 1.54) is 32.9 Å². The first-order valence-corrected chi connectivity index (χ1v) is 17.8. The Morgan fingerprint density at radius 1 is 0.524 bits per heavy atom. The lowest BCUT2D eigenvalue weighted by molar-refractivity contribution is -0.125. The van der Waals surface area contributed by atoms with Crippen LogP contribution in [-0.2, 0) is 29.6 Å². The van der Waals surface area contributed by atoms with Crippen molar-refractivity contribution < 1.29 is 26.4 Å². The van der Waals surface area contributed by atoms with E-state index in [4.69, 9.17) is 0 Å². The maximum Gasteiger partial charge on any atom is 0.243 e. The Bertz CT molecular complexity index is 1340. The molecule has 0 atom stereocenters. The molecule has 0 aromatic heterocycles. The smallest absolute Gasteiger partial charge is 0.243 e. The molecule has 2 aliphatic heterocycles. The summed E-state index contributed by atoms with van der Waals surface area (Å²) in [6, 6.07) is 12.6. The van der Waals surface area contributed by atoms with Crippen LogP contribution in [0.5, 0.6) is 0 Å². The number of carbonyl (C=O) groups excluding carboxylic acids is 2. The SMILES string of the molecule is O=C(Nc1ccc(S(=O)(=O)N2CCCCC2)cc1)C1CCC(C(=O)Nc2ccc(S(=O)(=O)N3CCCCC3)cc2)CC1.